The number of hydrogen-bond donors (Lipinski definition) is 0. The Labute approximate surface area is 208 Å². The molecule has 7 heteroatoms. The molecular weight excluding hydrogens is 506 g/mol. The fraction of sp³-hybridized carbons (Fsp3) is 0.308. The van der Waals surface area contributed by atoms with E-state index in [9.17, 15) is 0 Å². The molecule has 0 bridgehead atoms. The molecule has 0 unspecified atom stereocenters. The molecule has 3 aromatic rings. The summed E-state index contributed by atoms with van der Waals surface area (Å²) in [6.45, 7) is 1.59. The molecule has 3 aromatic carbocycles. The molecule has 0 aliphatic carbocycles. The first kappa shape index (κ1) is 23.7. The fourth-order valence-electron chi connectivity index (χ4n) is 4.47. The van der Waals surface area contributed by atoms with Gasteiger partial charge in [-0.1, -0.05) is 39.7 Å². The lowest BCUT2D eigenvalue weighted by Gasteiger charge is -2.38. The highest BCUT2D eigenvalue weighted by molar-refractivity contribution is 9.10. The van der Waals surface area contributed by atoms with Gasteiger partial charge < -0.3 is 18.9 Å². The summed E-state index contributed by atoms with van der Waals surface area (Å²) in [7, 11) is 6.63. The van der Waals surface area contributed by atoms with Crippen molar-refractivity contribution in [3.8, 4) is 23.0 Å². The van der Waals surface area contributed by atoms with Gasteiger partial charge in [0, 0.05) is 22.6 Å². The van der Waals surface area contributed by atoms with Crippen LogP contribution in [0, 0.1) is 0 Å². The molecule has 0 radical (unpaired) electrons. The molecule has 1 heterocycles. The number of nitrogens with zero attached hydrogens (tertiary/aromatic N) is 1. The van der Waals surface area contributed by atoms with E-state index in [0.29, 0.717) is 23.1 Å². The number of rotatable bonds is 7. The van der Waals surface area contributed by atoms with Crippen LogP contribution in [0.3, 0.4) is 0 Å². The van der Waals surface area contributed by atoms with Crippen molar-refractivity contribution < 1.29 is 18.9 Å². The summed E-state index contributed by atoms with van der Waals surface area (Å²) < 4.78 is 23.2. The van der Waals surface area contributed by atoms with Crippen LogP contribution in [0.1, 0.15) is 28.3 Å². The highest BCUT2D eigenvalue weighted by Gasteiger charge is 2.31. The maximum Gasteiger partial charge on any atom is 0.161 e. The van der Waals surface area contributed by atoms with E-state index in [1.807, 2.05) is 30.3 Å². The van der Waals surface area contributed by atoms with Crippen molar-refractivity contribution in [3.05, 3.63) is 80.3 Å². The van der Waals surface area contributed by atoms with Crippen molar-refractivity contribution in [1.29, 1.82) is 0 Å². The van der Waals surface area contributed by atoms with Gasteiger partial charge in [-0.3, -0.25) is 4.90 Å². The lowest BCUT2D eigenvalue weighted by molar-refractivity contribution is 0.202. The summed E-state index contributed by atoms with van der Waals surface area (Å²) >= 11 is 10.1. The Bertz CT molecular complexity index is 1150. The van der Waals surface area contributed by atoms with E-state index in [1.54, 1.807) is 28.4 Å². The fourth-order valence-corrected chi connectivity index (χ4v) is 5.12. The minimum atomic E-state index is 0.00672. The van der Waals surface area contributed by atoms with Crippen molar-refractivity contribution >= 4 is 27.5 Å². The standard InChI is InChI=1S/C26H27BrClNO4/c1-30-22-11-16-8-9-29(15-18-12-23(31-2)25(33-4)14-21(18)27)26(20(16)13-24(22)32-3)17-6-5-7-19(28)10-17/h5-7,10-14,26H,8-9,15H2,1-4H3/t26-/m1/s1. The summed E-state index contributed by atoms with van der Waals surface area (Å²) in [6, 6.07) is 16.2. The molecule has 0 aromatic heterocycles. The second-order valence-corrected chi connectivity index (χ2v) is 9.17. The van der Waals surface area contributed by atoms with E-state index >= 15 is 0 Å². The van der Waals surface area contributed by atoms with Crippen molar-refractivity contribution in [3.63, 3.8) is 0 Å². The molecule has 0 amide bonds. The van der Waals surface area contributed by atoms with Gasteiger partial charge in [-0.05, 0) is 65.1 Å². The lowest BCUT2D eigenvalue weighted by Crippen LogP contribution is -2.35. The number of fused-ring (bicyclic) bond motifs is 1. The van der Waals surface area contributed by atoms with Crippen molar-refractivity contribution in [2.24, 2.45) is 0 Å². The SMILES string of the molecule is COc1cc(Br)c(CN2CCc3cc(OC)c(OC)cc3[C@H]2c2cccc(Cl)c2)cc1OC. The quantitative estimate of drug-likeness (QED) is 0.358. The largest absolute Gasteiger partial charge is 0.493 e. The van der Waals surface area contributed by atoms with Gasteiger partial charge in [0.2, 0.25) is 0 Å². The summed E-state index contributed by atoms with van der Waals surface area (Å²) in [4.78, 5) is 2.45. The summed E-state index contributed by atoms with van der Waals surface area (Å²) in [5.41, 5.74) is 4.69. The van der Waals surface area contributed by atoms with Gasteiger partial charge in [-0.25, -0.2) is 0 Å². The van der Waals surface area contributed by atoms with Crippen LogP contribution in [0.5, 0.6) is 23.0 Å². The Morgan fingerprint density at radius 2 is 1.52 bits per heavy atom. The number of hydrogen-bond acceptors (Lipinski definition) is 5. The molecule has 0 saturated carbocycles. The van der Waals surface area contributed by atoms with Gasteiger partial charge in [0.25, 0.3) is 0 Å². The molecule has 0 fully saturated rings. The average Bonchev–Trinajstić information content (AvgIpc) is 2.83. The van der Waals surface area contributed by atoms with E-state index in [1.165, 1.54) is 11.1 Å². The summed E-state index contributed by atoms with van der Waals surface area (Å²) in [5, 5.41) is 0.715. The molecule has 33 heavy (non-hydrogen) atoms. The number of halogens is 2. The van der Waals surface area contributed by atoms with E-state index < -0.39 is 0 Å². The molecule has 5 nitrogen and oxygen atoms in total. The zero-order valence-electron chi connectivity index (χ0n) is 19.2. The van der Waals surface area contributed by atoms with Crippen LogP contribution < -0.4 is 18.9 Å². The zero-order chi connectivity index (χ0) is 23.5. The van der Waals surface area contributed by atoms with Crippen LogP contribution in [0.15, 0.2) is 53.0 Å². The monoisotopic (exact) mass is 531 g/mol. The van der Waals surface area contributed by atoms with Crippen LogP contribution in [0.25, 0.3) is 0 Å². The maximum atomic E-state index is 6.40. The van der Waals surface area contributed by atoms with Gasteiger partial charge in [0.05, 0.1) is 34.5 Å². The molecule has 1 aliphatic rings. The van der Waals surface area contributed by atoms with Crippen molar-refractivity contribution in [2.75, 3.05) is 35.0 Å². The van der Waals surface area contributed by atoms with Crippen molar-refractivity contribution in [2.45, 2.75) is 19.0 Å². The molecule has 0 saturated heterocycles. The molecule has 1 atom stereocenters. The topological polar surface area (TPSA) is 40.2 Å². The minimum Gasteiger partial charge on any atom is -0.493 e. The Balaban J connectivity index is 1.80. The van der Waals surface area contributed by atoms with E-state index in [0.717, 1.165) is 40.1 Å². The van der Waals surface area contributed by atoms with Gasteiger partial charge in [0.1, 0.15) is 0 Å². The Hall–Kier alpha value is -2.41. The highest BCUT2D eigenvalue weighted by atomic mass is 79.9. The van der Waals surface area contributed by atoms with Crippen LogP contribution in [-0.2, 0) is 13.0 Å². The zero-order valence-corrected chi connectivity index (χ0v) is 21.5. The predicted molar refractivity (Wildman–Crippen MR) is 134 cm³/mol. The van der Waals surface area contributed by atoms with Crippen LogP contribution >= 0.6 is 27.5 Å². The van der Waals surface area contributed by atoms with Gasteiger partial charge in [-0.2, -0.15) is 0 Å². The highest BCUT2D eigenvalue weighted by Crippen LogP contribution is 2.43. The average molecular weight is 533 g/mol. The Morgan fingerprint density at radius 3 is 2.18 bits per heavy atom. The Morgan fingerprint density at radius 1 is 0.879 bits per heavy atom. The summed E-state index contributed by atoms with van der Waals surface area (Å²) in [6.07, 6.45) is 0.900. The first-order chi connectivity index (χ1) is 16.0. The molecule has 1 aliphatic heterocycles. The normalized spacial score (nSPS) is 15.6. The van der Waals surface area contributed by atoms with Crippen LogP contribution in [-0.4, -0.2) is 39.9 Å². The minimum absolute atomic E-state index is 0.00672. The molecule has 4 rings (SSSR count). The second kappa shape index (κ2) is 10.2. The number of benzene rings is 3. The lowest BCUT2D eigenvalue weighted by atomic mass is 9.87. The third-order valence-electron chi connectivity index (χ3n) is 6.06. The third-order valence-corrected chi connectivity index (χ3v) is 7.04. The molecule has 174 valence electrons. The number of ether oxygens (including phenoxy) is 4. The molecule has 0 spiro atoms. The summed E-state index contributed by atoms with van der Waals surface area (Å²) in [5.74, 6) is 2.87. The van der Waals surface area contributed by atoms with Gasteiger partial charge in [-0.15, -0.1) is 0 Å². The molecular formula is C26H27BrClNO4. The number of methoxy groups -OCH3 is 4. The Kier molecular flexibility index (Phi) is 7.37. The van der Waals surface area contributed by atoms with Crippen molar-refractivity contribution in [1.82, 2.24) is 4.90 Å². The van der Waals surface area contributed by atoms with E-state index in [2.05, 4.69) is 39.0 Å². The van der Waals surface area contributed by atoms with E-state index in [-0.39, 0.29) is 6.04 Å². The maximum absolute atomic E-state index is 6.40. The molecule has 0 N–H and O–H groups in total. The first-order valence-electron chi connectivity index (χ1n) is 10.6. The smallest absolute Gasteiger partial charge is 0.161 e. The van der Waals surface area contributed by atoms with Crippen LogP contribution in [0.2, 0.25) is 5.02 Å². The van der Waals surface area contributed by atoms with E-state index in [4.69, 9.17) is 30.5 Å². The van der Waals surface area contributed by atoms with Gasteiger partial charge in [0.15, 0.2) is 23.0 Å². The predicted octanol–water partition coefficient (Wildman–Crippen LogP) is 6.28. The van der Waals surface area contributed by atoms with Crippen LogP contribution in [0.4, 0.5) is 0 Å². The van der Waals surface area contributed by atoms with Gasteiger partial charge >= 0.3 is 0 Å². The third kappa shape index (κ3) is 4.79. The second-order valence-electron chi connectivity index (χ2n) is 7.88. The first-order valence-corrected chi connectivity index (χ1v) is 11.8.